The molecule has 0 spiro atoms. The topological polar surface area (TPSA) is 123 Å². The van der Waals surface area contributed by atoms with Crippen LogP contribution in [-0.2, 0) is 0 Å². The van der Waals surface area contributed by atoms with Crippen LogP contribution in [0.4, 0.5) is 20.7 Å². The second-order valence-corrected chi connectivity index (χ2v) is 8.73. The molecule has 1 heterocycles. The molecule has 1 fully saturated rings. The molecule has 1 aliphatic rings. The number of pyridine rings is 1. The van der Waals surface area contributed by atoms with Crippen molar-refractivity contribution < 1.29 is 23.5 Å². The molecule has 1 aliphatic carbocycles. The number of amides is 2. The summed E-state index contributed by atoms with van der Waals surface area (Å²) in [6.45, 7) is 1.30. The molecule has 0 aliphatic heterocycles. The molecule has 0 unspecified atom stereocenters. The lowest BCUT2D eigenvalue weighted by molar-refractivity contribution is 0.0730. The van der Waals surface area contributed by atoms with E-state index in [1.54, 1.807) is 30.5 Å². The monoisotopic (exact) mass is 526 g/mol. The minimum absolute atomic E-state index is 0.0667. The normalized spacial score (nSPS) is 16.4. The highest BCUT2D eigenvalue weighted by molar-refractivity contribution is 9.10. The quantitative estimate of drug-likeness (QED) is 0.185. The number of aromatic nitrogens is 1. The van der Waals surface area contributed by atoms with Crippen molar-refractivity contribution in [2.24, 2.45) is 0 Å². The maximum Gasteiger partial charge on any atom is 0.343 e. The fourth-order valence-corrected chi connectivity index (χ4v) is 3.80. The van der Waals surface area contributed by atoms with E-state index < -0.39 is 29.8 Å². The third-order valence-electron chi connectivity index (χ3n) is 5.29. The first-order valence-electron chi connectivity index (χ1n) is 10.3. The van der Waals surface area contributed by atoms with Crippen molar-refractivity contribution in [3.8, 4) is 5.75 Å². The van der Waals surface area contributed by atoms with Crippen LogP contribution in [0.2, 0.25) is 0 Å². The second kappa shape index (κ2) is 9.60. The van der Waals surface area contributed by atoms with Crippen molar-refractivity contribution in [1.29, 1.82) is 0 Å². The fraction of sp³-hybridized carbons (Fsp3) is 0.167. The molecule has 34 heavy (non-hydrogen) atoms. The van der Waals surface area contributed by atoms with Crippen LogP contribution in [0.1, 0.15) is 45.5 Å². The van der Waals surface area contributed by atoms with Gasteiger partial charge < -0.3 is 15.8 Å². The summed E-state index contributed by atoms with van der Waals surface area (Å²) in [5, 5.41) is 5.35. The smallest absolute Gasteiger partial charge is 0.343 e. The van der Waals surface area contributed by atoms with Gasteiger partial charge in [-0.25, -0.2) is 19.0 Å². The fourth-order valence-electron chi connectivity index (χ4n) is 3.57. The summed E-state index contributed by atoms with van der Waals surface area (Å²) in [5.74, 6) is -2.08. The number of carbonyl (C=O) groups excluding carboxylic acids is 3. The van der Waals surface area contributed by atoms with E-state index in [0.29, 0.717) is 17.9 Å². The first kappa shape index (κ1) is 23.4. The molecule has 10 heteroatoms. The predicted octanol–water partition coefficient (Wildman–Crippen LogP) is 4.66. The molecule has 1 aromatic heterocycles. The van der Waals surface area contributed by atoms with Gasteiger partial charge in [-0.3, -0.25) is 10.1 Å². The molecular weight excluding hydrogens is 507 g/mol. The van der Waals surface area contributed by atoms with Crippen molar-refractivity contribution in [2.75, 3.05) is 11.1 Å². The van der Waals surface area contributed by atoms with Gasteiger partial charge in [-0.15, -0.1) is 0 Å². The zero-order valence-corrected chi connectivity index (χ0v) is 19.6. The number of halogens is 2. The molecule has 3 aromatic rings. The number of rotatable bonds is 6. The number of nitrogens with two attached hydrogens (primary N) is 1. The number of urea groups is 1. The highest BCUT2D eigenvalue weighted by Crippen LogP contribution is 2.47. The molecule has 2 amide bonds. The molecule has 8 nitrogen and oxygen atoms in total. The highest BCUT2D eigenvalue weighted by atomic mass is 79.9. The van der Waals surface area contributed by atoms with Crippen LogP contribution in [0.15, 0.2) is 59.2 Å². The van der Waals surface area contributed by atoms with Crippen LogP contribution in [-0.4, -0.2) is 28.8 Å². The lowest BCUT2D eigenvalue weighted by Crippen LogP contribution is -2.31. The molecule has 1 saturated carbocycles. The van der Waals surface area contributed by atoms with Gasteiger partial charge in [0.15, 0.2) is 5.78 Å². The van der Waals surface area contributed by atoms with Crippen molar-refractivity contribution in [3.63, 3.8) is 0 Å². The highest BCUT2D eigenvalue weighted by Gasteiger charge is 2.44. The number of esters is 1. The van der Waals surface area contributed by atoms with Gasteiger partial charge in [0.2, 0.25) is 0 Å². The van der Waals surface area contributed by atoms with Gasteiger partial charge >= 0.3 is 12.0 Å². The summed E-state index contributed by atoms with van der Waals surface area (Å²) in [4.78, 5) is 41.4. The molecule has 2 aromatic carbocycles. The number of anilines is 2. The maximum absolute atomic E-state index is 14.9. The Labute approximate surface area is 202 Å². The molecule has 0 radical (unpaired) electrons. The molecule has 4 rings (SSSR count). The number of nitrogen functional groups attached to an aromatic ring is 1. The molecular formula is C24H20BrFN4O4. The average molecular weight is 527 g/mol. The Balaban J connectivity index is 1.55. The first-order chi connectivity index (χ1) is 16.2. The number of hydrogen-bond donors (Lipinski definition) is 3. The van der Waals surface area contributed by atoms with Gasteiger partial charge in [0.05, 0.1) is 11.1 Å². The van der Waals surface area contributed by atoms with E-state index in [2.05, 4.69) is 31.5 Å². The summed E-state index contributed by atoms with van der Waals surface area (Å²) >= 11 is 3.27. The number of nitrogens with zero attached hydrogens (tertiary/aromatic N) is 1. The van der Waals surface area contributed by atoms with Crippen LogP contribution in [0.3, 0.4) is 0 Å². The summed E-state index contributed by atoms with van der Waals surface area (Å²) in [6.07, 6.45) is 1.95. The van der Waals surface area contributed by atoms with Gasteiger partial charge in [0.1, 0.15) is 17.4 Å². The Kier molecular flexibility index (Phi) is 6.60. The Morgan fingerprint density at radius 3 is 2.65 bits per heavy atom. The lowest BCUT2D eigenvalue weighted by Gasteiger charge is -2.15. The molecule has 0 bridgehead atoms. The zero-order chi connectivity index (χ0) is 24.4. The van der Waals surface area contributed by atoms with E-state index in [9.17, 15) is 18.8 Å². The summed E-state index contributed by atoms with van der Waals surface area (Å²) in [6, 6.07) is 11.0. The third kappa shape index (κ3) is 5.23. The van der Waals surface area contributed by atoms with E-state index in [0.717, 1.165) is 10.5 Å². The number of ketones is 1. The number of Topliss-reactive ketones (excluding diaryl/α,β-unsaturated/α-hetero) is 1. The van der Waals surface area contributed by atoms with Crippen LogP contribution >= 0.6 is 15.9 Å². The first-order valence-corrected chi connectivity index (χ1v) is 11.1. The minimum Gasteiger partial charge on any atom is -0.422 e. The lowest BCUT2D eigenvalue weighted by atomic mass is 10.0. The third-order valence-corrected chi connectivity index (χ3v) is 5.76. The predicted molar refractivity (Wildman–Crippen MR) is 127 cm³/mol. The van der Waals surface area contributed by atoms with Gasteiger partial charge in [-0.1, -0.05) is 6.07 Å². The Morgan fingerprint density at radius 2 is 1.97 bits per heavy atom. The number of benzene rings is 2. The van der Waals surface area contributed by atoms with Crippen molar-refractivity contribution >= 4 is 45.2 Å². The summed E-state index contributed by atoms with van der Waals surface area (Å²) < 4.78 is 21.2. The zero-order valence-electron chi connectivity index (χ0n) is 18.0. The van der Waals surface area contributed by atoms with Gasteiger partial charge in [0.25, 0.3) is 0 Å². The van der Waals surface area contributed by atoms with Crippen LogP contribution in [0.5, 0.6) is 5.75 Å². The Bertz CT molecular complexity index is 1280. The van der Waals surface area contributed by atoms with Crippen LogP contribution in [0, 0.1) is 5.82 Å². The van der Waals surface area contributed by atoms with E-state index in [4.69, 9.17) is 10.5 Å². The molecule has 174 valence electrons. The standard InChI is InChI=1S/C24H20BrFN4O4/c1-12(31)16-6-7-18(26)21(22(16)34-23(32)13-3-2-4-15(27)9-13)17-10-19(17)29-24(33)30-20-8-5-14(25)11-28-20/h2-9,11,17,19H,10,27H2,1H3,(H2,28,29,30,33)/t17-,19+/m1/s1. The number of nitrogens with one attached hydrogen (secondary N) is 2. The summed E-state index contributed by atoms with van der Waals surface area (Å²) in [5.41, 5.74) is 6.39. The largest absolute Gasteiger partial charge is 0.422 e. The second-order valence-electron chi connectivity index (χ2n) is 7.82. The van der Waals surface area contributed by atoms with Gasteiger partial charge in [0, 0.05) is 33.9 Å². The van der Waals surface area contributed by atoms with Crippen molar-refractivity contribution in [3.05, 3.63) is 81.7 Å². The number of ether oxygens (including phenoxy) is 1. The number of hydrogen-bond acceptors (Lipinski definition) is 6. The van der Waals surface area contributed by atoms with Crippen LogP contribution in [0.25, 0.3) is 0 Å². The maximum atomic E-state index is 14.9. The summed E-state index contributed by atoms with van der Waals surface area (Å²) in [7, 11) is 0. The molecule has 4 N–H and O–H groups in total. The minimum atomic E-state index is -0.772. The van der Waals surface area contributed by atoms with Gasteiger partial charge in [-0.05, 0) is 71.7 Å². The number of carbonyl (C=O) groups is 3. The van der Waals surface area contributed by atoms with E-state index in [1.165, 1.54) is 25.1 Å². The van der Waals surface area contributed by atoms with Crippen LogP contribution < -0.4 is 21.1 Å². The van der Waals surface area contributed by atoms with E-state index in [1.807, 2.05) is 0 Å². The van der Waals surface area contributed by atoms with E-state index in [-0.39, 0.29) is 28.2 Å². The van der Waals surface area contributed by atoms with Crippen molar-refractivity contribution in [2.45, 2.75) is 25.3 Å². The van der Waals surface area contributed by atoms with Crippen molar-refractivity contribution in [1.82, 2.24) is 10.3 Å². The molecule has 2 atom stereocenters. The average Bonchev–Trinajstić information content (AvgIpc) is 3.53. The SMILES string of the molecule is CC(=O)c1ccc(F)c([C@@H]2C[C@@H]2NC(=O)Nc2ccc(Br)cn2)c1OC(=O)c1cccc(N)c1. The Hall–Kier alpha value is -3.79. The Morgan fingerprint density at radius 1 is 1.18 bits per heavy atom. The molecule has 0 saturated heterocycles. The van der Waals surface area contributed by atoms with Gasteiger partial charge in [-0.2, -0.15) is 0 Å². The van der Waals surface area contributed by atoms with E-state index >= 15 is 0 Å².